The summed E-state index contributed by atoms with van der Waals surface area (Å²) >= 11 is 1.77. The molecule has 1 aliphatic heterocycles. The number of fused-ring (bicyclic) bond motifs is 2. The minimum absolute atomic E-state index is 1.02. The van der Waals surface area contributed by atoms with E-state index in [4.69, 9.17) is 4.74 Å². The van der Waals surface area contributed by atoms with Crippen LogP contribution in [0, 0.1) is 6.92 Å². The zero-order valence-electron chi connectivity index (χ0n) is 13.7. The smallest absolute Gasteiger partial charge is 0.256 e. The molecule has 3 aromatic rings. The first-order chi connectivity index (χ1) is 10.4. The summed E-state index contributed by atoms with van der Waals surface area (Å²) in [5.41, 5.74) is 3.89. The number of thiophene rings is 1. The van der Waals surface area contributed by atoms with E-state index in [0.717, 1.165) is 11.5 Å². The van der Waals surface area contributed by atoms with Crippen LogP contribution in [0.3, 0.4) is 0 Å². The molecule has 112 valence electrons. The number of hydrogen-bond donors (Lipinski definition) is 0. The summed E-state index contributed by atoms with van der Waals surface area (Å²) in [4.78, 5) is 0. The molecule has 0 amide bonds. The minimum atomic E-state index is -1.47. The van der Waals surface area contributed by atoms with Crippen LogP contribution < -0.4 is 14.5 Å². The second kappa shape index (κ2) is 4.43. The molecule has 0 saturated carbocycles. The van der Waals surface area contributed by atoms with Gasteiger partial charge in [0.1, 0.15) is 12.8 Å². The third-order valence-electron chi connectivity index (χ3n) is 4.45. The predicted molar refractivity (Wildman–Crippen MR) is 96.2 cm³/mol. The standard InChI is InChI=1S/C18H20NOSSi/c1-11-6-7-13-16-12(10-21-13)20-18-14(22(3,4)5)8-9-19(2)17(18)15(11)16/h6-10H,1-5H3/q+1. The Morgan fingerprint density at radius 2 is 1.91 bits per heavy atom. The average Bonchev–Trinajstić information content (AvgIpc) is 2.84. The molecule has 2 nitrogen and oxygen atoms in total. The van der Waals surface area contributed by atoms with Crippen LogP contribution in [0.15, 0.2) is 29.8 Å². The molecule has 4 rings (SSSR count). The van der Waals surface area contributed by atoms with Crippen molar-refractivity contribution in [2.45, 2.75) is 26.6 Å². The SMILES string of the molecule is Cc1ccc2scc3c2c1-c1c(c([Si](C)(C)C)cc[n+]1C)O3. The van der Waals surface area contributed by atoms with E-state index in [2.05, 4.69) is 68.0 Å². The second-order valence-electron chi connectivity index (χ2n) is 7.10. The summed E-state index contributed by atoms with van der Waals surface area (Å²) in [5, 5.41) is 4.83. The zero-order chi connectivity index (χ0) is 15.6. The van der Waals surface area contributed by atoms with Gasteiger partial charge in [-0.2, -0.15) is 4.57 Å². The second-order valence-corrected chi connectivity index (χ2v) is 13.1. The Balaban J connectivity index is 2.17. The molecular weight excluding hydrogens is 306 g/mol. The number of pyridine rings is 1. The zero-order valence-corrected chi connectivity index (χ0v) is 15.5. The lowest BCUT2D eigenvalue weighted by Gasteiger charge is -2.24. The third-order valence-corrected chi connectivity index (χ3v) is 7.38. The van der Waals surface area contributed by atoms with Gasteiger partial charge in [-0.1, -0.05) is 25.7 Å². The van der Waals surface area contributed by atoms with Gasteiger partial charge < -0.3 is 4.74 Å². The molecule has 4 heteroatoms. The molecule has 0 spiro atoms. The number of ether oxygens (including phenoxy) is 1. The van der Waals surface area contributed by atoms with Crippen LogP contribution in [-0.2, 0) is 7.05 Å². The largest absolute Gasteiger partial charge is 0.449 e. The lowest BCUT2D eigenvalue weighted by atomic mass is 9.98. The highest BCUT2D eigenvalue weighted by Gasteiger charge is 2.35. The van der Waals surface area contributed by atoms with E-state index in [1.165, 1.54) is 32.1 Å². The van der Waals surface area contributed by atoms with Crippen molar-refractivity contribution in [1.82, 2.24) is 0 Å². The number of aromatic nitrogens is 1. The molecule has 0 bridgehead atoms. The highest BCUT2D eigenvalue weighted by molar-refractivity contribution is 7.17. The lowest BCUT2D eigenvalue weighted by molar-refractivity contribution is -0.660. The minimum Gasteiger partial charge on any atom is -0.449 e. The first-order valence-electron chi connectivity index (χ1n) is 7.60. The summed E-state index contributed by atoms with van der Waals surface area (Å²) in [6, 6.07) is 6.69. The van der Waals surface area contributed by atoms with Gasteiger partial charge in [0.2, 0.25) is 0 Å². The number of benzene rings is 1. The molecule has 1 aromatic carbocycles. The van der Waals surface area contributed by atoms with Crippen molar-refractivity contribution in [3.05, 3.63) is 35.3 Å². The Kier molecular flexibility index (Phi) is 2.81. The Morgan fingerprint density at radius 3 is 2.64 bits per heavy atom. The molecule has 0 fully saturated rings. The molecule has 0 atom stereocenters. The van der Waals surface area contributed by atoms with Crippen LogP contribution in [0.25, 0.3) is 21.3 Å². The summed E-state index contributed by atoms with van der Waals surface area (Å²) in [7, 11) is 0.645. The number of hydrogen-bond acceptors (Lipinski definition) is 2. The van der Waals surface area contributed by atoms with Gasteiger partial charge in [-0.3, -0.25) is 0 Å². The fraction of sp³-hybridized carbons (Fsp3) is 0.278. The number of nitrogens with zero attached hydrogens (tertiary/aromatic N) is 1. The van der Waals surface area contributed by atoms with Crippen LogP contribution in [0.2, 0.25) is 19.6 Å². The molecule has 1 aliphatic rings. The van der Waals surface area contributed by atoms with Gasteiger partial charge in [0.25, 0.3) is 5.69 Å². The van der Waals surface area contributed by atoms with Gasteiger partial charge in [-0.15, -0.1) is 11.3 Å². The van der Waals surface area contributed by atoms with Crippen molar-refractivity contribution >= 4 is 34.7 Å². The highest BCUT2D eigenvalue weighted by Crippen LogP contribution is 2.48. The molecule has 22 heavy (non-hydrogen) atoms. The maximum atomic E-state index is 6.41. The monoisotopic (exact) mass is 326 g/mol. The van der Waals surface area contributed by atoms with E-state index in [1.807, 2.05) is 0 Å². The van der Waals surface area contributed by atoms with Gasteiger partial charge in [0.05, 0.1) is 13.6 Å². The van der Waals surface area contributed by atoms with Gasteiger partial charge in [-0.05, 0) is 23.7 Å². The summed E-state index contributed by atoms with van der Waals surface area (Å²) < 4.78 is 9.92. The Labute approximate surface area is 136 Å². The third kappa shape index (κ3) is 1.80. The van der Waals surface area contributed by atoms with E-state index in [9.17, 15) is 0 Å². The summed E-state index contributed by atoms with van der Waals surface area (Å²) in [5.74, 6) is 2.10. The number of rotatable bonds is 1. The molecule has 0 aliphatic carbocycles. The maximum Gasteiger partial charge on any atom is 0.256 e. The van der Waals surface area contributed by atoms with Crippen LogP contribution in [0.5, 0.6) is 11.5 Å². The Morgan fingerprint density at radius 1 is 1.14 bits per heavy atom. The van der Waals surface area contributed by atoms with E-state index < -0.39 is 8.07 Å². The quantitative estimate of drug-likeness (QED) is 0.374. The van der Waals surface area contributed by atoms with Gasteiger partial charge >= 0.3 is 0 Å². The van der Waals surface area contributed by atoms with Crippen molar-refractivity contribution < 1.29 is 9.30 Å². The van der Waals surface area contributed by atoms with Crippen LogP contribution >= 0.6 is 11.3 Å². The summed E-state index contributed by atoms with van der Waals surface area (Å²) in [6.45, 7) is 9.33. The maximum absolute atomic E-state index is 6.41. The van der Waals surface area contributed by atoms with Crippen LogP contribution in [0.1, 0.15) is 5.56 Å². The van der Waals surface area contributed by atoms with Gasteiger partial charge in [0, 0.05) is 21.5 Å². The van der Waals surface area contributed by atoms with Crippen LogP contribution in [0.4, 0.5) is 0 Å². The average molecular weight is 327 g/mol. The molecule has 0 saturated heterocycles. The van der Waals surface area contributed by atoms with E-state index in [1.54, 1.807) is 11.3 Å². The van der Waals surface area contributed by atoms with Crippen molar-refractivity contribution in [3.8, 4) is 22.8 Å². The van der Waals surface area contributed by atoms with Crippen LogP contribution in [-0.4, -0.2) is 8.07 Å². The Bertz CT molecular complexity index is 921. The van der Waals surface area contributed by atoms with Crippen molar-refractivity contribution in [3.63, 3.8) is 0 Å². The van der Waals surface area contributed by atoms with E-state index >= 15 is 0 Å². The topological polar surface area (TPSA) is 13.1 Å². The van der Waals surface area contributed by atoms with E-state index in [0.29, 0.717) is 0 Å². The first-order valence-corrected chi connectivity index (χ1v) is 12.0. The molecule has 2 aromatic heterocycles. The summed E-state index contributed by atoms with van der Waals surface area (Å²) in [6.07, 6.45) is 2.19. The van der Waals surface area contributed by atoms with E-state index in [-0.39, 0.29) is 0 Å². The fourth-order valence-corrected chi connectivity index (χ4v) is 5.60. The van der Waals surface area contributed by atoms with Crippen molar-refractivity contribution in [2.75, 3.05) is 0 Å². The first kappa shape index (κ1) is 14.0. The molecule has 3 heterocycles. The highest BCUT2D eigenvalue weighted by atomic mass is 32.1. The predicted octanol–water partition coefficient (Wildman–Crippen LogP) is 4.35. The fourth-order valence-electron chi connectivity index (χ4n) is 3.30. The number of aryl methyl sites for hydroxylation is 2. The lowest BCUT2D eigenvalue weighted by Crippen LogP contribution is -2.43. The normalized spacial score (nSPS) is 13.1. The molecule has 0 unspecified atom stereocenters. The Hall–Kier alpha value is -1.65. The van der Waals surface area contributed by atoms with Crippen molar-refractivity contribution in [1.29, 1.82) is 0 Å². The van der Waals surface area contributed by atoms with Gasteiger partial charge in [-0.25, -0.2) is 0 Å². The molecule has 0 radical (unpaired) electrons. The molecular formula is C18H20NOSSi+. The van der Waals surface area contributed by atoms with Crippen molar-refractivity contribution in [2.24, 2.45) is 7.05 Å². The molecule has 0 N–H and O–H groups in total. The van der Waals surface area contributed by atoms with Gasteiger partial charge in [0.15, 0.2) is 11.9 Å².